The van der Waals surface area contributed by atoms with E-state index in [9.17, 15) is 9.59 Å². The number of amides is 2. The zero-order chi connectivity index (χ0) is 19.1. The number of carbonyl (C=O) groups is 2. The molecule has 0 atom stereocenters. The van der Waals surface area contributed by atoms with E-state index in [1.807, 2.05) is 34.1 Å². The van der Waals surface area contributed by atoms with E-state index in [0.29, 0.717) is 30.4 Å². The zero-order valence-electron chi connectivity index (χ0n) is 15.7. The highest BCUT2D eigenvalue weighted by Crippen LogP contribution is 2.21. The van der Waals surface area contributed by atoms with Crippen molar-refractivity contribution in [3.05, 3.63) is 29.3 Å². The van der Waals surface area contributed by atoms with Gasteiger partial charge in [-0.25, -0.2) is 0 Å². The molecule has 0 radical (unpaired) electrons. The number of hydrogen-bond donors (Lipinski definition) is 0. The van der Waals surface area contributed by atoms with E-state index in [1.54, 1.807) is 0 Å². The van der Waals surface area contributed by atoms with Crippen molar-refractivity contribution in [2.24, 2.45) is 0 Å². The summed E-state index contributed by atoms with van der Waals surface area (Å²) in [4.78, 5) is 32.1. The van der Waals surface area contributed by atoms with Crippen LogP contribution in [0.1, 0.15) is 25.7 Å². The van der Waals surface area contributed by atoms with Crippen molar-refractivity contribution in [3.63, 3.8) is 0 Å². The van der Waals surface area contributed by atoms with Gasteiger partial charge in [0.05, 0.1) is 12.3 Å². The molecule has 2 aliphatic heterocycles. The molecule has 0 aliphatic carbocycles. The molecule has 2 fully saturated rings. The highest BCUT2D eigenvalue weighted by Gasteiger charge is 2.24. The van der Waals surface area contributed by atoms with E-state index in [1.165, 1.54) is 24.6 Å². The molecule has 3 rings (SSSR count). The Hall–Kier alpha value is -1.24. The maximum atomic E-state index is 12.5. The Kier molecular flexibility index (Phi) is 7.85. The minimum atomic E-state index is 0.161. The van der Waals surface area contributed by atoms with Crippen molar-refractivity contribution in [2.45, 2.75) is 30.6 Å². The number of benzene rings is 1. The summed E-state index contributed by atoms with van der Waals surface area (Å²) < 4.78 is 0. The smallest absolute Gasteiger partial charge is 0.236 e. The third kappa shape index (κ3) is 6.40. The number of thioether (sulfide) groups is 1. The molecule has 2 amide bonds. The van der Waals surface area contributed by atoms with Crippen LogP contribution >= 0.6 is 23.4 Å². The molecule has 5 nitrogen and oxygen atoms in total. The molecule has 1 aromatic rings. The van der Waals surface area contributed by atoms with E-state index in [-0.39, 0.29) is 11.8 Å². The summed E-state index contributed by atoms with van der Waals surface area (Å²) >= 11 is 7.43. The lowest BCUT2D eigenvalue weighted by Gasteiger charge is -2.35. The van der Waals surface area contributed by atoms with E-state index in [4.69, 9.17) is 11.6 Å². The van der Waals surface area contributed by atoms with Crippen molar-refractivity contribution < 1.29 is 9.59 Å². The minimum absolute atomic E-state index is 0.161. The molecule has 0 aromatic heterocycles. The lowest BCUT2D eigenvalue weighted by atomic mass is 10.2. The number of hydrogen-bond acceptors (Lipinski definition) is 4. The summed E-state index contributed by atoms with van der Waals surface area (Å²) in [6.45, 7) is 5.24. The summed E-state index contributed by atoms with van der Waals surface area (Å²) in [6.07, 6.45) is 4.72. The van der Waals surface area contributed by atoms with E-state index in [2.05, 4.69) is 4.90 Å². The highest BCUT2D eigenvalue weighted by molar-refractivity contribution is 8.00. The Morgan fingerprint density at radius 1 is 0.815 bits per heavy atom. The van der Waals surface area contributed by atoms with Crippen molar-refractivity contribution in [1.82, 2.24) is 14.7 Å². The van der Waals surface area contributed by atoms with Gasteiger partial charge in [-0.1, -0.05) is 24.4 Å². The van der Waals surface area contributed by atoms with Gasteiger partial charge in [-0.15, -0.1) is 11.8 Å². The van der Waals surface area contributed by atoms with Crippen LogP contribution in [0.25, 0.3) is 0 Å². The van der Waals surface area contributed by atoms with Crippen LogP contribution in [0.15, 0.2) is 29.2 Å². The monoisotopic (exact) mass is 409 g/mol. The van der Waals surface area contributed by atoms with Crippen LogP contribution in [0.3, 0.4) is 0 Å². The Balaban J connectivity index is 1.38. The second kappa shape index (κ2) is 10.3. The Morgan fingerprint density at radius 3 is 2.04 bits per heavy atom. The molecule has 7 heteroatoms. The van der Waals surface area contributed by atoms with Gasteiger partial charge in [0, 0.05) is 49.2 Å². The summed E-state index contributed by atoms with van der Waals surface area (Å²) in [5, 5.41) is 0.705. The van der Waals surface area contributed by atoms with Crippen molar-refractivity contribution in [3.8, 4) is 0 Å². The van der Waals surface area contributed by atoms with Gasteiger partial charge in [-0.05, 0) is 37.1 Å². The van der Waals surface area contributed by atoms with Crippen molar-refractivity contribution in [2.75, 3.05) is 51.6 Å². The van der Waals surface area contributed by atoms with Gasteiger partial charge in [-0.2, -0.15) is 0 Å². The van der Waals surface area contributed by atoms with Crippen LogP contribution in [0.2, 0.25) is 5.02 Å². The first kappa shape index (κ1) is 20.5. The third-order valence-corrected chi connectivity index (χ3v) is 6.47. The molecular weight excluding hydrogens is 382 g/mol. The predicted molar refractivity (Wildman–Crippen MR) is 110 cm³/mol. The number of nitrogens with zero attached hydrogens (tertiary/aromatic N) is 3. The number of likely N-dealkylation sites (tertiary alicyclic amines) is 1. The second-order valence-corrected chi connectivity index (χ2v) is 8.68. The maximum absolute atomic E-state index is 12.5. The lowest BCUT2D eigenvalue weighted by molar-refractivity contribution is -0.134. The molecular formula is C20H28ClN3O2S. The van der Waals surface area contributed by atoms with Crippen molar-refractivity contribution >= 4 is 35.2 Å². The first-order valence-corrected chi connectivity index (χ1v) is 11.1. The van der Waals surface area contributed by atoms with E-state index < -0.39 is 0 Å². The second-order valence-electron chi connectivity index (χ2n) is 7.19. The normalized spacial score (nSPS) is 19.0. The Morgan fingerprint density at radius 2 is 1.41 bits per heavy atom. The predicted octanol–water partition coefficient (Wildman–Crippen LogP) is 2.98. The number of carbonyl (C=O) groups excluding carboxylic acids is 2. The fraction of sp³-hybridized carbons (Fsp3) is 0.600. The first-order valence-electron chi connectivity index (χ1n) is 9.78. The maximum Gasteiger partial charge on any atom is 0.236 e. The average Bonchev–Trinajstić information content (AvgIpc) is 2.97. The van der Waals surface area contributed by atoms with Crippen LogP contribution in [0, 0.1) is 0 Å². The largest absolute Gasteiger partial charge is 0.342 e. The molecule has 0 spiro atoms. The SMILES string of the molecule is O=C(CSc1ccc(Cl)cc1)N1CCN(CC(=O)N2CCCCCC2)CC1. The van der Waals surface area contributed by atoms with Crippen LogP contribution < -0.4 is 0 Å². The quantitative estimate of drug-likeness (QED) is 0.701. The summed E-state index contributed by atoms with van der Waals surface area (Å²) in [7, 11) is 0. The highest BCUT2D eigenvalue weighted by atomic mass is 35.5. The molecule has 27 heavy (non-hydrogen) atoms. The molecule has 2 saturated heterocycles. The molecule has 0 N–H and O–H groups in total. The van der Waals surface area contributed by atoms with Crippen LogP contribution in [0.5, 0.6) is 0 Å². The molecule has 1 aromatic carbocycles. The van der Waals surface area contributed by atoms with Gasteiger partial charge in [0.25, 0.3) is 0 Å². The van der Waals surface area contributed by atoms with E-state index in [0.717, 1.165) is 43.9 Å². The zero-order valence-corrected chi connectivity index (χ0v) is 17.3. The summed E-state index contributed by atoms with van der Waals surface area (Å²) in [5.41, 5.74) is 0. The summed E-state index contributed by atoms with van der Waals surface area (Å²) in [5.74, 6) is 0.845. The molecule has 0 bridgehead atoms. The fourth-order valence-corrected chi connectivity index (χ4v) is 4.46. The van der Waals surface area contributed by atoms with Gasteiger partial charge < -0.3 is 9.80 Å². The lowest BCUT2D eigenvalue weighted by Crippen LogP contribution is -2.52. The topological polar surface area (TPSA) is 43.9 Å². The Bertz CT molecular complexity index is 625. The molecule has 2 aliphatic rings. The standard InChI is InChI=1S/C20H28ClN3O2S/c21-17-5-7-18(8-6-17)27-16-20(26)24-13-11-22(12-14-24)15-19(25)23-9-3-1-2-4-10-23/h5-8H,1-4,9-16H2. The van der Waals surface area contributed by atoms with Crippen LogP contribution in [-0.4, -0.2) is 78.1 Å². The third-order valence-electron chi connectivity index (χ3n) is 5.22. The number of piperazine rings is 1. The molecule has 2 heterocycles. The van der Waals surface area contributed by atoms with Crippen LogP contribution in [-0.2, 0) is 9.59 Å². The minimum Gasteiger partial charge on any atom is -0.342 e. The summed E-state index contributed by atoms with van der Waals surface area (Å²) in [6, 6.07) is 7.56. The first-order chi connectivity index (χ1) is 13.1. The van der Waals surface area contributed by atoms with Gasteiger partial charge >= 0.3 is 0 Å². The average molecular weight is 410 g/mol. The molecule has 148 valence electrons. The van der Waals surface area contributed by atoms with Gasteiger partial charge in [0.1, 0.15) is 0 Å². The number of rotatable bonds is 5. The van der Waals surface area contributed by atoms with Gasteiger partial charge in [0.2, 0.25) is 11.8 Å². The fourth-order valence-electron chi connectivity index (χ4n) is 3.53. The van der Waals surface area contributed by atoms with Crippen molar-refractivity contribution in [1.29, 1.82) is 0 Å². The molecule has 0 unspecified atom stereocenters. The van der Waals surface area contributed by atoms with Gasteiger partial charge in [0.15, 0.2) is 0 Å². The van der Waals surface area contributed by atoms with E-state index >= 15 is 0 Å². The Labute approximate surface area is 171 Å². The van der Waals surface area contributed by atoms with Crippen LogP contribution in [0.4, 0.5) is 0 Å². The number of halogens is 1. The molecule has 0 saturated carbocycles. The van der Waals surface area contributed by atoms with Gasteiger partial charge in [-0.3, -0.25) is 14.5 Å².